The van der Waals surface area contributed by atoms with Gasteiger partial charge in [0.25, 0.3) is 0 Å². The summed E-state index contributed by atoms with van der Waals surface area (Å²) in [5, 5.41) is 14.1. The number of fused-ring (bicyclic) bond motifs is 1. The first-order valence-electron chi connectivity index (χ1n) is 8.47. The van der Waals surface area contributed by atoms with E-state index in [4.69, 9.17) is 0 Å². The van der Waals surface area contributed by atoms with Crippen LogP contribution in [0.1, 0.15) is 5.56 Å². The third kappa shape index (κ3) is 3.47. The molecule has 0 spiro atoms. The molecular weight excluding hydrogens is 411 g/mol. The fraction of sp³-hybridized carbons (Fsp3) is 0.111. The Bertz CT molecular complexity index is 1240. The highest BCUT2D eigenvalue weighted by molar-refractivity contribution is 5.90. The van der Waals surface area contributed by atoms with Crippen molar-refractivity contribution in [2.75, 3.05) is 5.32 Å². The van der Waals surface area contributed by atoms with Crippen LogP contribution in [-0.2, 0) is 17.9 Å². The minimum Gasteiger partial charge on any atom is -0.308 e. The summed E-state index contributed by atoms with van der Waals surface area (Å²) < 4.78 is 69.6. The Hall–Kier alpha value is -3.83. The predicted octanol–water partition coefficient (Wildman–Crippen LogP) is 3.01. The van der Waals surface area contributed by atoms with Gasteiger partial charge in [0.1, 0.15) is 12.1 Å². The van der Waals surface area contributed by atoms with Crippen LogP contribution in [-0.4, -0.2) is 30.7 Å². The van der Waals surface area contributed by atoms with E-state index in [1.807, 2.05) is 0 Å². The van der Waals surface area contributed by atoms with Gasteiger partial charge in [-0.25, -0.2) is 26.6 Å². The number of amides is 1. The summed E-state index contributed by atoms with van der Waals surface area (Å²) in [5.41, 5.74) is 0.211. The van der Waals surface area contributed by atoms with Crippen LogP contribution in [0.2, 0.25) is 0 Å². The zero-order valence-electron chi connectivity index (χ0n) is 14.9. The largest absolute Gasteiger partial charge is 0.308 e. The molecule has 4 aromatic rings. The van der Waals surface area contributed by atoms with E-state index in [1.54, 1.807) is 24.3 Å². The van der Waals surface area contributed by atoms with E-state index < -0.39 is 47.1 Å². The molecule has 1 amide bonds. The number of anilines is 1. The van der Waals surface area contributed by atoms with Gasteiger partial charge in [-0.15, -0.1) is 5.10 Å². The number of rotatable bonds is 5. The van der Waals surface area contributed by atoms with Crippen LogP contribution < -0.4 is 5.32 Å². The lowest BCUT2D eigenvalue weighted by molar-refractivity contribution is -0.116. The molecule has 2 aromatic carbocycles. The molecule has 4 rings (SSSR count). The maximum absolute atomic E-state index is 13.8. The van der Waals surface area contributed by atoms with Crippen LogP contribution in [0.15, 0.2) is 36.5 Å². The van der Waals surface area contributed by atoms with E-state index in [0.717, 1.165) is 4.68 Å². The number of halogens is 5. The minimum absolute atomic E-state index is 0.0216. The maximum Gasteiger partial charge on any atom is 0.247 e. The molecule has 30 heavy (non-hydrogen) atoms. The number of carbonyl (C=O) groups is 1. The molecule has 2 heterocycles. The van der Waals surface area contributed by atoms with E-state index in [-0.39, 0.29) is 12.4 Å². The van der Waals surface area contributed by atoms with Crippen molar-refractivity contribution in [2.24, 2.45) is 0 Å². The molecule has 0 bridgehead atoms. The smallest absolute Gasteiger partial charge is 0.247 e. The topological polar surface area (TPSA) is 77.6 Å². The first-order chi connectivity index (χ1) is 14.3. The van der Waals surface area contributed by atoms with Crippen molar-refractivity contribution in [1.82, 2.24) is 24.8 Å². The van der Waals surface area contributed by atoms with Gasteiger partial charge in [-0.1, -0.05) is 17.3 Å². The molecule has 7 nitrogen and oxygen atoms in total. The quantitative estimate of drug-likeness (QED) is 0.305. The van der Waals surface area contributed by atoms with E-state index in [0.29, 0.717) is 11.0 Å². The second-order valence-corrected chi connectivity index (χ2v) is 6.23. The zero-order valence-corrected chi connectivity index (χ0v) is 14.9. The normalized spacial score (nSPS) is 11.2. The summed E-state index contributed by atoms with van der Waals surface area (Å²) in [6, 6.07) is 8.32. The van der Waals surface area contributed by atoms with Crippen molar-refractivity contribution in [3.63, 3.8) is 0 Å². The Morgan fingerprint density at radius 3 is 2.33 bits per heavy atom. The number of aromatic nitrogens is 5. The molecule has 0 aliphatic rings. The van der Waals surface area contributed by atoms with Crippen LogP contribution in [0.4, 0.5) is 27.8 Å². The van der Waals surface area contributed by atoms with Gasteiger partial charge < -0.3 is 5.32 Å². The number of hydrogen-bond acceptors (Lipinski definition) is 4. The standard InChI is InChI=1S/C18H11F5N6O/c19-14-9(15(20)17(22)18(23)16(14)21)7-28-6-5-12(26-28)24-13(30)8-29-11-4-2-1-3-10(11)25-27-29/h1-6H,7-8H2,(H,24,26,30). The highest BCUT2D eigenvalue weighted by Crippen LogP contribution is 2.23. The Kier molecular flexibility index (Phi) is 4.90. The van der Waals surface area contributed by atoms with Crippen molar-refractivity contribution < 1.29 is 26.7 Å². The fourth-order valence-electron chi connectivity index (χ4n) is 2.82. The molecule has 0 fully saturated rings. The van der Waals surface area contributed by atoms with Crippen LogP contribution in [0, 0.1) is 29.1 Å². The first-order valence-corrected chi connectivity index (χ1v) is 8.47. The van der Waals surface area contributed by atoms with Gasteiger partial charge in [-0.05, 0) is 12.1 Å². The molecule has 0 saturated carbocycles. The molecule has 0 aliphatic heterocycles. The lowest BCUT2D eigenvalue weighted by Crippen LogP contribution is -2.20. The lowest BCUT2D eigenvalue weighted by Gasteiger charge is -2.08. The summed E-state index contributed by atoms with van der Waals surface area (Å²) in [6.45, 7) is -0.902. The second-order valence-electron chi connectivity index (χ2n) is 6.23. The summed E-state index contributed by atoms with van der Waals surface area (Å²) >= 11 is 0. The first kappa shape index (κ1) is 19.5. The Morgan fingerprint density at radius 2 is 1.60 bits per heavy atom. The number of carbonyl (C=O) groups excluding carboxylic acids is 1. The number of para-hydroxylation sites is 1. The number of benzene rings is 2. The van der Waals surface area contributed by atoms with Crippen molar-refractivity contribution in [1.29, 1.82) is 0 Å². The predicted molar refractivity (Wildman–Crippen MR) is 93.7 cm³/mol. The Labute approximate surface area is 164 Å². The van der Waals surface area contributed by atoms with Crippen molar-refractivity contribution >= 4 is 22.8 Å². The molecule has 154 valence electrons. The summed E-state index contributed by atoms with van der Waals surface area (Å²) in [4.78, 5) is 12.2. The maximum atomic E-state index is 13.8. The summed E-state index contributed by atoms with van der Waals surface area (Å²) in [5.74, 6) is -10.7. The molecule has 1 N–H and O–H groups in total. The second kappa shape index (κ2) is 7.54. The van der Waals surface area contributed by atoms with E-state index in [1.165, 1.54) is 16.9 Å². The van der Waals surface area contributed by atoms with Gasteiger partial charge >= 0.3 is 0 Å². The van der Waals surface area contributed by atoms with E-state index >= 15 is 0 Å². The average Bonchev–Trinajstić information content (AvgIpc) is 3.35. The third-order valence-corrected chi connectivity index (χ3v) is 4.24. The Balaban J connectivity index is 1.48. The zero-order chi connectivity index (χ0) is 21.4. The molecule has 0 atom stereocenters. The molecule has 2 aromatic heterocycles. The van der Waals surface area contributed by atoms with Gasteiger partial charge in [0, 0.05) is 12.3 Å². The number of nitrogens with zero attached hydrogens (tertiary/aromatic N) is 5. The van der Waals surface area contributed by atoms with Gasteiger partial charge in [0.2, 0.25) is 11.7 Å². The van der Waals surface area contributed by atoms with E-state index in [2.05, 4.69) is 20.7 Å². The highest BCUT2D eigenvalue weighted by atomic mass is 19.2. The number of nitrogens with one attached hydrogen (secondary N) is 1. The minimum atomic E-state index is -2.23. The molecule has 0 radical (unpaired) electrons. The Morgan fingerprint density at radius 1 is 0.933 bits per heavy atom. The average molecular weight is 422 g/mol. The van der Waals surface area contributed by atoms with Crippen LogP contribution >= 0.6 is 0 Å². The lowest BCUT2D eigenvalue weighted by atomic mass is 10.1. The monoisotopic (exact) mass is 422 g/mol. The molecule has 0 saturated heterocycles. The van der Waals surface area contributed by atoms with Gasteiger partial charge in [0.15, 0.2) is 29.1 Å². The highest BCUT2D eigenvalue weighted by Gasteiger charge is 2.26. The summed E-state index contributed by atoms with van der Waals surface area (Å²) in [7, 11) is 0. The van der Waals surface area contributed by atoms with Crippen LogP contribution in [0.3, 0.4) is 0 Å². The SMILES string of the molecule is O=C(Cn1nnc2ccccc21)Nc1ccn(Cc2c(F)c(F)c(F)c(F)c2F)n1. The van der Waals surface area contributed by atoms with Gasteiger partial charge in [-0.2, -0.15) is 5.10 Å². The molecule has 0 aliphatic carbocycles. The fourth-order valence-corrected chi connectivity index (χ4v) is 2.82. The molecule has 12 heteroatoms. The van der Waals surface area contributed by atoms with Gasteiger partial charge in [-0.3, -0.25) is 9.48 Å². The molecular formula is C18H11F5N6O. The molecule has 0 unspecified atom stereocenters. The van der Waals surface area contributed by atoms with Crippen molar-refractivity contribution in [2.45, 2.75) is 13.1 Å². The summed E-state index contributed by atoms with van der Waals surface area (Å²) in [6.07, 6.45) is 1.22. The van der Waals surface area contributed by atoms with Crippen LogP contribution in [0.5, 0.6) is 0 Å². The van der Waals surface area contributed by atoms with Gasteiger partial charge in [0.05, 0.1) is 17.6 Å². The number of hydrogen-bond donors (Lipinski definition) is 1. The van der Waals surface area contributed by atoms with Crippen molar-refractivity contribution in [3.8, 4) is 0 Å². The van der Waals surface area contributed by atoms with E-state index in [9.17, 15) is 26.7 Å². The third-order valence-electron chi connectivity index (χ3n) is 4.24. The van der Waals surface area contributed by atoms with Crippen molar-refractivity contribution in [3.05, 3.63) is 71.2 Å². The van der Waals surface area contributed by atoms with Crippen LogP contribution in [0.25, 0.3) is 11.0 Å².